The van der Waals surface area contributed by atoms with Gasteiger partial charge in [0.25, 0.3) is 17.1 Å². The molecule has 184 valence electrons. The van der Waals surface area contributed by atoms with Crippen molar-refractivity contribution in [2.45, 2.75) is 13.5 Å². The Hall–Kier alpha value is -4.11. The number of carbonyl (C=O) groups is 3. The first kappa shape index (κ1) is 25.0. The highest BCUT2D eigenvalue weighted by atomic mass is 32.2. The lowest BCUT2D eigenvalue weighted by Gasteiger charge is -2.13. The van der Waals surface area contributed by atoms with Crippen molar-refractivity contribution in [1.29, 1.82) is 0 Å². The van der Waals surface area contributed by atoms with Crippen molar-refractivity contribution >= 4 is 40.6 Å². The first-order valence-corrected chi connectivity index (χ1v) is 11.8. The minimum Gasteiger partial charge on any atom is -0.493 e. The van der Waals surface area contributed by atoms with Crippen LogP contribution < -0.4 is 14.8 Å². The average Bonchev–Trinajstić information content (AvgIpc) is 3.13. The summed E-state index contributed by atoms with van der Waals surface area (Å²) in [5.41, 5.74) is 2.61. The van der Waals surface area contributed by atoms with Crippen molar-refractivity contribution in [2.75, 3.05) is 19.0 Å². The van der Waals surface area contributed by atoms with E-state index in [-0.39, 0.29) is 29.5 Å². The Balaban J connectivity index is 1.42. The van der Waals surface area contributed by atoms with E-state index in [0.29, 0.717) is 22.7 Å². The topological polar surface area (TPSA) is 84.9 Å². The first-order valence-electron chi connectivity index (χ1n) is 11.0. The molecule has 0 bridgehead atoms. The van der Waals surface area contributed by atoms with Crippen molar-refractivity contribution in [2.24, 2.45) is 0 Å². The number of hydrogen-bond donors (Lipinski definition) is 1. The standard InChI is InChI=1S/C27H23FN2O5S/c1-17-7-10-20(11-8-17)29-25(31)16-35-22-12-9-18(13-23(22)34-2)14-24-26(32)30(27(33)36-24)15-19-5-3-4-6-21(19)28/h3-14H,15-16H2,1-2H3,(H,29,31)/b24-14-. The van der Waals surface area contributed by atoms with Gasteiger partial charge in [0.2, 0.25) is 0 Å². The Labute approximate surface area is 211 Å². The Kier molecular flexibility index (Phi) is 7.70. The number of nitrogens with one attached hydrogen (secondary N) is 1. The third-order valence-corrected chi connectivity index (χ3v) is 6.25. The normalized spacial score (nSPS) is 14.3. The molecule has 1 heterocycles. The predicted molar refractivity (Wildman–Crippen MR) is 136 cm³/mol. The van der Waals surface area contributed by atoms with Crippen LogP contribution in [0, 0.1) is 12.7 Å². The minimum absolute atomic E-state index is 0.143. The van der Waals surface area contributed by atoms with E-state index in [4.69, 9.17) is 9.47 Å². The highest BCUT2D eigenvalue weighted by Crippen LogP contribution is 2.35. The monoisotopic (exact) mass is 506 g/mol. The summed E-state index contributed by atoms with van der Waals surface area (Å²) in [6.45, 7) is 1.59. The maximum absolute atomic E-state index is 14.0. The van der Waals surface area contributed by atoms with Gasteiger partial charge in [-0.05, 0) is 60.7 Å². The van der Waals surface area contributed by atoms with Gasteiger partial charge >= 0.3 is 0 Å². The van der Waals surface area contributed by atoms with E-state index in [1.807, 2.05) is 19.1 Å². The summed E-state index contributed by atoms with van der Waals surface area (Å²) < 4.78 is 25.0. The van der Waals surface area contributed by atoms with Crippen LogP contribution in [0.1, 0.15) is 16.7 Å². The summed E-state index contributed by atoms with van der Waals surface area (Å²) in [5, 5.41) is 2.28. The van der Waals surface area contributed by atoms with Crippen LogP contribution in [0.2, 0.25) is 0 Å². The summed E-state index contributed by atoms with van der Waals surface area (Å²) >= 11 is 0.786. The number of thioether (sulfide) groups is 1. The maximum Gasteiger partial charge on any atom is 0.293 e. The van der Waals surface area contributed by atoms with Crippen LogP contribution in [0.15, 0.2) is 71.6 Å². The fraction of sp³-hybridized carbons (Fsp3) is 0.148. The molecule has 1 saturated heterocycles. The largest absolute Gasteiger partial charge is 0.493 e. The summed E-state index contributed by atoms with van der Waals surface area (Å²) in [5.74, 6) is -0.596. The minimum atomic E-state index is -0.500. The zero-order valence-electron chi connectivity index (χ0n) is 19.6. The number of methoxy groups -OCH3 is 1. The van der Waals surface area contributed by atoms with Crippen molar-refractivity contribution in [3.05, 3.63) is 94.1 Å². The number of amides is 3. The lowest BCUT2D eigenvalue weighted by atomic mass is 10.1. The molecule has 0 unspecified atom stereocenters. The number of benzene rings is 3. The van der Waals surface area contributed by atoms with Gasteiger partial charge in [-0.3, -0.25) is 19.3 Å². The molecule has 1 aliphatic heterocycles. The van der Waals surface area contributed by atoms with Gasteiger partial charge in [0, 0.05) is 11.3 Å². The van der Waals surface area contributed by atoms with Crippen LogP contribution in [0.25, 0.3) is 6.08 Å². The molecule has 0 spiro atoms. The van der Waals surface area contributed by atoms with Crippen LogP contribution >= 0.6 is 11.8 Å². The quantitative estimate of drug-likeness (QED) is 0.412. The molecule has 1 aliphatic rings. The highest BCUT2D eigenvalue weighted by molar-refractivity contribution is 8.18. The molecule has 3 aromatic carbocycles. The molecule has 0 radical (unpaired) electrons. The van der Waals surface area contributed by atoms with Crippen LogP contribution in [-0.2, 0) is 16.1 Å². The second-order valence-electron chi connectivity index (χ2n) is 7.97. The summed E-state index contributed by atoms with van der Waals surface area (Å²) in [6, 6.07) is 18.4. The van der Waals surface area contributed by atoms with Crippen LogP contribution in [0.3, 0.4) is 0 Å². The molecule has 1 N–H and O–H groups in total. The van der Waals surface area contributed by atoms with Gasteiger partial charge in [0.15, 0.2) is 18.1 Å². The van der Waals surface area contributed by atoms with Gasteiger partial charge in [0.05, 0.1) is 18.6 Å². The molecule has 3 amide bonds. The number of rotatable bonds is 8. The lowest BCUT2D eigenvalue weighted by molar-refractivity contribution is -0.123. The molecular formula is C27H23FN2O5S. The average molecular weight is 507 g/mol. The molecule has 0 atom stereocenters. The van der Waals surface area contributed by atoms with E-state index in [9.17, 15) is 18.8 Å². The van der Waals surface area contributed by atoms with Crippen molar-refractivity contribution in [1.82, 2.24) is 4.90 Å². The molecule has 36 heavy (non-hydrogen) atoms. The molecule has 0 aliphatic carbocycles. The van der Waals surface area contributed by atoms with E-state index in [1.54, 1.807) is 48.5 Å². The van der Waals surface area contributed by atoms with E-state index >= 15 is 0 Å². The number of carbonyl (C=O) groups excluding carboxylic acids is 3. The van der Waals surface area contributed by atoms with Crippen molar-refractivity contribution < 1.29 is 28.2 Å². The predicted octanol–water partition coefficient (Wildman–Crippen LogP) is 5.40. The van der Waals surface area contributed by atoms with E-state index in [2.05, 4.69) is 5.32 Å². The molecule has 1 fully saturated rings. The van der Waals surface area contributed by atoms with Gasteiger partial charge in [0.1, 0.15) is 5.82 Å². The molecule has 7 nitrogen and oxygen atoms in total. The number of aryl methyl sites for hydroxylation is 1. The van der Waals surface area contributed by atoms with E-state index in [1.165, 1.54) is 19.2 Å². The molecule has 0 saturated carbocycles. The summed E-state index contributed by atoms with van der Waals surface area (Å²) in [4.78, 5) is 38.6. The Morgan fingerprint density at radius 2 is 1.81 bits per heavy atom. The van der Waals surface area contributed by atoms with Crippen LogP contribution in [0.5, 0.6) is 11.5 Å². The summed E-state index contributed by atoms with van der Waals surface area (Å²) in [7, 11) is 1.46. The number of nitrogens with zero attached hydrogens (tertiary/aromatic N) is 1. The zero-order valence-corrected chi connectivity index (χ0v) is 20.4. The van der Waals surface area contributed by atoms with Crippen LogP contribution in [0.4, 0.5) is 14.9 Å². The number of imide groups is 1. The highest BCUT2D eigenvalue weighted by Gasteiger charge is 2.35. The Morgan fingerprint density at radius 3 is 2.53 bits per heavy atom. The number of anilines is 1. The third-order valence-electron chi connectivity index (χ3n) is 5.34. The smallest absolute Gasteiger partial charge is 0.293 e. The fourth-order valence-corrected chi connectivity index (χ4v) is 4.29. The Morgan fingerprint density at radius 1 is 1.06 bits per heavy atom. The van der Waals surface area contributed by atoms with Crippen molar-refractivity contribution in [3.8, 4) is 11.5 Å². The first-order chi connectivity index (χ1) is 17.3. The van der Waals surface area contributed by atoms with Crippen LogP contribution in [-0.4, -0.2) is 35.7 Å². The molecular weight excluding hydrogens is 483 g/mol. The number of halogens is 1. The van der Waals surface area contributed by atoms with Gasteiger partial charge < -0.3 is 14.8 Å². The Bertz CT molecular complexity index is 1340. The second kappa shape index (κ2) is 11.1. The summed E-state index contributed by atoms with van der Waals surface area (Å²) in [6.07, 6.45) is 1.56. The maximum atomic E-state index is 14.0. The van der Waals surface area contributed by atoms with Gasteiger partial charge in [-0.1, -0.05) is 42.0 Å². The zero-order chi connectivity index (χ0) is 25.7. The van der Waals surface area contributed by atoms with Crippen molar-refractivity contribution in [3.63, 3.8) is 0 Å². The number of ether oxygens (including phenoxy) is 2. The van der Waals surface area contributed by atoms with E-state index in [0.717, 1.165) is 22.2 Å². The second-order valence-corrected chi connectivity index (χ2v) is 8.97. The van der Waals surface area contributed by atoms with E-state index < -0.39 is 17.0 Å². The fourth-order valence-electron chi connectivity index (χ4n) is 3.46. The number of hydrogen-bond acceptors (Lipinski definition) is 6. The molecule has 0 aromatic heterocycles. The molecule has 4 rings (SSSR count). The molecule has 3 aromatic rings. The lowest BCUT2D eigenvalue weighted by Crippen LogP contribution is -2.27. The molecule has 9 heteroatoms. The van der Waals surface area contributed by atoms with Gasteiger partial charge in [-0.2, -0.15) is 0 Å². The SMILES string of the molecule is COc1cc(/C=C2\SC(=O)N(Cc3ccccc3F)C2=O)ccc1OCC(=O)Nc1ccc(C)cc1. The van der Waals surface area contributed by atoms with Gasteiger partial charge in [-0.15, -0.1) is 0 Å². The van der Waals surface area contributed by atoms with Gasteiger partial charge in [-0.25, -0.2) is 4.39 Å². The third kappa shape index (κ3) is 5.92.